The number of hydrogen-bond donors (Lipinski definition) is 0. The maximum atomic E-state index is 5.02. The van der Waals surface area contributed by atoms with Crippen LogP contribution in [0.4, 0.5) is 0 Å². The highest BCUT2D eigenvalue weighted by molar-refractivity contribution is 8.33. The van der Waals surface area contributed by atoms with E-state index in [1.807, 2.05) is 0 Å². The molecule has 0 atom stereocenters. The van der Waals surface area contributed by atoms with E-state index < -0.39 is 10.0 Å². The van der Waals surface area contributed by atoms with E-state index in [0.29, 0.717) is 0 Å². The molecule has 0 N–H and O–H groups in total. The van der Waals surface area contributed by atoms with E-state index in [4.69, 9.17) is 4.98 Å². The molecule has 2 heterocycles. The maximum Gasteiger partial charge on any atom is 0.0780 e. The van der Waals surface area contributed by atoms with Gasteiger partial charge in [-0.3, -0.25) is 4.98 Å². The van der Waals surface area contributed by atoms with Crippen molar-refractivity contribution in [3.63, 3.8) is 0 Å². The van der Waals surface area contributed by atoms with Crippen molar-refractivity contribution in [1.29, 1.82) is 0 Å². The van der Waals surface area contributed by atoms with Crippen LogP contribution in [0.25, 0.3) is 22.0 Å². The summed E-state index contributed by atoms with van der Waals surface area (Å²) in [5.74, 6) is 4.29. The minimum Gasteiger partial charge on any atom is -0.256 e. The fraction of sp³-hybridized carbons (Fsp3) is 0.545. The van der Waals surface area contributed by atoms with Crippen molar-refractivity contribution in [3.05, 3.63) is 59.8 Å². The lowest BCUT2D eigenvalue weighted by atomic mass is 9.79. The van der Waals surface area contributed by atoms with Crippen LogP contribution in [0.3, 0.4) is 0 Å². The summed E-state index contributed by atoms with van der Waals surface area (Å²) in [6.07, 6.45) is 22.7. The van der Waals surface area contributed by atoms with Gasteiger partial charge in [0.1, 0.15) is 0 Å². The van der Waals surface area contributed by atoms with Crippen LogP contribution in [0.5, 0.6) is 0 Å². The predicted molar refractivity (Wildman–Crippen MR) is 154 cm³/mol. The van der Waals surface area contributed by atoms with Crippen LogP contribution in [0.1, 0.15) is 106 Å². The molecular formula is C33H43NS. The Morgan fingerprint density at radius 2 is 1.26 bits per heavy atom. The number of benzene rings is 2. The zero-order valence-electron chi connectivity index (χ0n) is 21.7. The van der Waals surface area contributed by atoms with Crippen molar-refractivity contribution < 1.29 is 0 Å². The highest BCUT2D eigenvalue weighted by atomic mass is 32.3. The molecule has 0 bridgehead atoms. The van der Waals surface area contributed by atoms with Crippen molar-refractivity contribution in [2.24, 2.45) is 0 Å². The molecule has 2 saturated carbocycles. The Labute approximate surface area is 214 Å². The van der Waals surface area contributed by atoms with E-state index in [-0.39, 0.29) is 0 Å². The minimum atomic E-state index is -0.651. The minimum absolute atomic E-state index is 0.651. The molecule has 0 radical (unpaired) electrons. The Morgan fingerprint density at radius 3 is 1.89 bits per heavy atom. The van der Waals surface area contributed by atoms with Gasteiger partial charge in [0.25, 0.3) is 0 Å². The molecule has 3 aliphatic rings. The van der Waals surface area contributed by atoms with Crippen LogP contribution >= 0.6 is 10.0 Å². The topological polar surface area (TPSA) is 12.9 Å². The van der Waals surface area contributed by atoms with E-state index >= 15 is 0 Å². The molecule has 2 aliphatic carbocycles. The second-order valence-electron chi connectivity index (χ2n) is 11.8. The number of hydrogen-bond acceptors (Lipinski definition) is 1. The number of pyridine rings is 1. The zero-order chi connectivity index (χ0) is 23.7. The summed E-state index contributed by atoms with van der Waals surface area (Å²) in [5, 5.41) is 2.72. The van der Waals surface area contributed by atoms with Crippen molar-refractivity contribution in [2.75, 3.05) is 17.8 Å². The van der Waals surface area contributed by atoms with Crippen molar-refractivity contribution in [1.82, 2.24) is 4.98 Å². The summed E-state index contributed by atoms with van der Waals surface area (Å²) in [6.45, 7) is 0. The fourth-order valence-corrected chi connectivity index (χ4v) is 10.4. The van der Waals surface area contributed by atoms with Gasteiger partial charge in [0.05, 0.1) is 5.69 Å². The van der Waals surface area contributed by atoms with Crippen molar-refractivity contribution in [3.8, 4) is 11.3 Å². The third kappa shape index (κ3) is 4.93. The first kappa shape index (κ1) is 23.6. The summed E-state index contributed by atoms with van der Waals surface area (Å²) in [5.41, 5.74) is 5.76. The third-order valence-electron chi connectivity index (χ3n) is 9.40. The average molecular weight is 486 g/mol. The Kier molecular flexibility index (Phi) is 6.93. The van der Waals surface area contributed by atoms with E-state index in [1.54, 1.807) is 16.0 Å². The van der Waals surface area contributed by atoms with Crippen LogP contribution in [-0.4, -0.2) is 22.7 Å². The van der Waals surface area contributed by atoms with Gasteiger partial charge in [0.2, 0.25) is 0 Å². The van der Waals surface area contributed by atoms with Crippen LogP contribution < -0.4 is 0 Å². The molecule has 0 amide bonds. The Hall–Kier alpha value is -1.80. The summed E-state index contributed by atoms with van der Waals surface area (Å²) in [7, 11) is -0.651. The molecule has 2 aromatic carbocycles. The van der Waals surface area contributed by atoms with Gasteiger partial charge in [0.15, 0.2) is 0 Å². The van der Waals surface area contributed by atoms with Crippen LogP contribution in [0.2, 0.25) is 0 Å². The lowest BCUT2D eigenvalue weighted by Gasteiger charge is -2.40. The van der Waals surface area contributed by atoms with Gasteiger partial charge in [-0.15, -0.1) is 0 Å². The SMILES string of the molecule is CS1(c2ccc3c(-c4cc(C5CCCCC5)cc(C5CCCCC5)c4)nccc3c2)CCCCC1. The lowest BCUT2D eigenvalue weighted by Crippen LogP contribution is -2.13. The monoisotopic (exact) mass is 485 g/mol. The second-order valence-corrected chi connectivity index (χ2v) is 15.7. The molecule has 3 aromatic rings. The Balaban J connectivity index is 1.42. The fourth-order valence-electron chi connectivity index (χ4n) is 7.20. The van der Waals surface area contributed by atoms with Crippen molar-refractivity contribution in [2.45, 2.75) is 100 Å². The molecule has 6 rings (SSSR count). The van der Waals surface area contributed by atoms with Crippen molar-refractivity contribution >= 4 is 20.8 Å². The predicted octanol–water partition coefficient (Wildman–Crippen LogP) is 9.97. The van der Waals surface area contributed by atoms with E-state index in [0.717, 1.165) is 11.8 Å². The molecule has 1 aliphatic heterocycles. The molecule has 1 saturated heterocycles. The quantitative estimate of drug-likeness (QED) is 0.358. The first-order valence-electron chi connectivity index (χ1n) is 14.5. The smallest absolute Gasteiger partial charge is 0.0780 e. The van der Waals surface area contributed by atoms with E-state index in [9.17, 15) is 0 Å². The highest BCUT2D eigenvalue weighted by Gasteiger charge is 2.25. The molecule has 186 valence electrons. The van der Waals surface area contributed by atoms with Gasteiger partial charge in [-0.2, -0.15) is 0 Å². The van der Waals surface area contributed by atoms with Gasteiger partial charge in [-0.05, 0) is 120 Å². The normalized spacial score (nSPS) is 22.8. The Morgan fingerprint density at radius 1 is 0.657 bits per heavy atom. The van der Waals surface area contributed by atoms with Crippen LogP contribution in [0, 0.1) is 0 Å². The third-order valence-corrected chi connectivity index (χ3v) is 13.2. The number of nitrogens with zero attached hydrogens (tertiary/aromatic N) is 1. The van der Waals surface area contributed by atoms with Crippen LogP contribution in [0.15, 0.2) is 53.6 Å². The molecule has 0 unspecified atom stereocenters. The molecule has 0 spiro atoms. The molecular weight excluding hydrogens is 442 g/mol. The summed E-state index contributed by atoms with van der Waals surface area (Å²) in [6, 6.07) is 17.3. The van der Waals surface area contributed by atoms with Gasteiger partial charge in [-0.1, -0.05) is 57.1 Å². The number of fused-ring (bicyclic) bond motifs is 1. The van der Waals surface area contributed by atoms with Gasteiger partial charge >= 0.3 is 0 Å². The highest BCUT2D eigenvalue weighted by Crippen LogP contribution is 2.56. The maximum absolute atomic E-state index is 5.02. The average Bonchev–Trinajstić information content (AvgIpc) is 2.93. The first-order valence-corrected chi connectivity index (χ1v) is 16.9. The molecule has 2 heteroatoms. The van der Waals surface area contributed by atoms with Gasteiger partial charge in [-0.25, -0.2) is 10.0 Å². The van der Waals surface area contributed by atoms with Gasteiger partial charge < -0.3 is 0 Å². The summed E-state index contributed by atoms with van der Waals surface area (Å²) < 4.78 is 0. The molecule has 3 fully saturated rings. The molecule has 1 nitrogen and oxygen atoms in total. The molecule has 35 heavy (non-hydrogen) atoms. The number of aromatic nitrogens is 1. The second kappa shape index (κ2) is 10.3. The van der Waals surface area contributed by atoms with E-state index in [1.165, 1.54) is 117 Å². The van der Waals surface area contributed by atoms with E-state index in [2.05, 4.69) is 54.9 Å². The largest absolute Gasteiger partial charge is 0.256 e. The summed E-state index contributed by atoms with van der Waals surface area (Å²) in [4.78, 5) is 6.63. The standard InChI is InChI=1S/C33H43NS/c1-35(19-9-4-10-20-35)31-15-16-32-27(24-31)17-18-34-33(32)30-22-28(25-11-5-2-6-12-25)21-29(23-30)26-13-7-3-8-14-26/h15-18,21-26H,2-14,19-20H2,1H3. The van der Waals surface area contributed by atoms with Gasteiger partial charge in [0, 0.05) is 17.1 Å². The van der Waals surface area contributed by atoms with Crippen LogP contribution in [-0.2, 0) is 0 Å². The Bertz CT molecular complexity index is 1130. The lowest BCUT2D eigenvalue weighted by molar-refractivity contribution is 0.435. The zero-order valence-corrected chi connectivity index (χ0v) is 22.6. The summed E-state index contributed by atoms with van der Waals surface area (Å²) >= 11 is 0. The first-order chi connectivity index (χ1) is 17.2. The molecule has 1 aromatic heterocycles. The number of rotatable bonds is 4.